The molecule has 3 rings (SSSR count). The molecule has 146 valence electrons. The third-order valence-electron chi connectivity index (χ3n) is 5.02. The van der Waals surface area contributed by atoms with Crippen LogP contribution in [0.5, 0.6) is 0 Å². The van der Waals surface area contributed by atoms with E-state index in [-0.39, 0.29) is 6.10 Å². The van der Waals surface area contributed by atoms with Gasteiger partial charge in [-0.2, -0.15) is 0 Å². The van der Waals surface area contributed by atoms with E-state index in [1.165, 1.54) is 11.1 Å². The van der Waals surface area contributed by atoms with Crippen molar-refractivity contribution in [3.63, 3.8) is 0 Å². The third kappa shape index (κ3) is 5.77. The Morgan fingerprint density at radius 1 is 0.786 bits per heavy atom. The number of hydrogen-bond acceptors (Lipinski definition) is 2. The van der Waals surface area contributed by atoms with Gasteiger partial charge < -0.3 is 15.2 Å². The molecular formula is C25H30NO2+. The van der Waals surface area contributed by atoms with E-state index in [4.69, 9.17) is 4.74 Å². The van der Waals surface area contributed by atoms with Crippen molar-refractivity contribution in [3.8, 4) is 0 Å². The molecule has 28 heavy (non-hydrogen) atoms. The highest BCUT2D eigenvalue weighted by Crippen LogP contribution is 2.26. The molecule has 0 radical (unpaired) electrons. The summed E-state index contributed by atoms with van der Waals surface area (Å²) in [7, 11) is 0. The highest BCUT2D eigenvalue weighted by molar-refractivity contribution is 5.31. The Kier molecular flexibility index (Phi) is 7.38. The molecule has 0 saturated heterocycles. The minimum absolute atomic E-state index is 0.178. The number of rotatable bonds is 9. The van der Waals surface area contributed by atoms with Crippen LogP contribution in [0.1, 0.15) is 41.3 Å². The number of benzene rings is 3. The Morgan fingerprint density at radius 2 is 1.32 bits per heavy atom. The molecule has 0 aromatic heterocycles. The zero-order valence-electron chi connectivity index (χ0n) is 16.7. The number of ether oxygens (including phenoxy) is 1. The second-order valence-electron chi connectivity index (χ2n) is 7.36. The van der Waals surface area contributed by atoms with Gasteiger partial charge in [0.15, 0.2) is 0 Å². The Hall–Kier alpha value is -2.46. The zero-order chi connectivity index (χ0) is 19.8. The van der Waals surface area contributed by atoms with Crippen LogP contribution in [0.25, 0.3) is 0 Å². The predicted octanol–water partition coefficient (Wildman–Crippen LogP) is 3.79. The van der Waals surface area contributed by atoms with Crippen molar-refractivity contribution >= 4 is 0 Å². The van der Waals surface area contributed by atoms with Crippen molar-refractivity contribution in [2.24, 2.45) is 0 Å². The monoisotopic (exact) mass is 376 g/mol. The van der Waals surface area contributed by atoms with Crippen LogP contribution in [-0.2, 0) is 4.74 Å². The van der Waals surface area contributed by atoms with Gasteiger partial charge in [-0.05, 0) is 25.0 Å². The molecule has 0 aliphatic rings. The molecule has 0 aliphatic carbocycles. The molecule has 3 atom stereocenters. The first-order valence-electron chi connectivity index (χ1n) is 9.93. The van der Waals surface area contributed by atoms with Crippen LogP contribution in [0.15, 0.2) is 84.9 Å². The van der Waals surface area contributed by atoms with Crippen molar-refractivity contribution in [2.45, 2.75) is 32.1 Å². The molecule has 3 nitrogen and oxygen atoms in total. The van der Waals surface area contributed by atoms with Crippen molar-refractivity contribution in [1.82, 2.24) is 0 Å². The van der Waals surface area contributed by atoms with Gasteiger partial charge in [0, 0.05) is 5.56 Å². The summed E-state index contributed by atoms with van der Waals surface area (Å²) in [6.45, 7) is 5.13. The number of nitrogens with two attached hydrogens (primary N) is 1. The SMILES string of the molecule is Cc1ccc([C@@H](OC[C@@H](O)C[NH2+][C@@H](C)c2ccccc2)c2ccccc2)cc1. The lowest BCUT2D eigenvalue weighted by Gasteiger charge is -2.21. The van der Waals surface area contributed by atoms with E-state index in [0.717, 1.165) is 11.1 Å². The smallest absolute Gasteiger partial charge is 0.126 e. The standard InChI is InChI=1S/C25H29NO2/c1-19-13-15-23(16-14-19)25(22-11-7-4-8-12-22)28-18-24(27)17-26-20(2)21-9-5-3-6-10-21/h3-16,20,24-27H,17-18H2,1-2H3/p+1/t20-,24-,25-/m0/s1. The molecule has 0 spiro atoms. The molecule has 3 N–H and O–H groups in total. The van der Waals surface area contributed by atoms with Crippen molar-refractivity contribution in [1.29, 1.82) is 0 Å². The number of quaternary nitrogens is 1. The van der Waals surface area contributed by atoms with Crippen LogP contribution in [0.4, 0.5) is 0 Å². The van der Waals surface area contributed by atoms with Gasteiger partial charge in [-0.1, -0.05) is 90.5 Å². The fraction of sp³-hybridized carbons (Fsp3) is 0.280. The molecule has 0 aliphatic heterocycles. The van der Waals surface area contributed by atoms with Gasteiger partial charge in [-0.15, -0.1) is 0 Å². The molecule has 0 heterocycles. The normalized spacial score (nSPS) is 14.4. The first-order valence-corrected chi connectivity index (χ1v) is 9.93. The van der Waals surface area contributed by atoms with E-state index in [1.807, 2.05) is 36.4 Å². The maximum Gasteiger partial charge on any atom is 0.126 e. The number of aliphatic hydroxyl groups excluding tert-OH is 1. The zero-order valence-corrected chi connectivity index (χ0v) is 16.7. The Bertz CT molecular complexity index is 818. The van der Waals surface area contributed by atoms with Gasteiger partial charge in [0.2, 0.25) is 0 Å². The number of aryl methyl sites for hydroxylation is 1. The van der Waals surface area contributed by atoms with Gasteiger partial charge in [0.05, 0.1) is 6.61 Å². The van der Waals surface area contributed by atoms with Crippen molar-refractivity contribution < 1.29 is 15.2 Å². The fourth-order valence-electron chi connectivity index (χ4n) is 3.28. The van der Waals surface area contributed by atoms with E-state index in [0.29, 0.717) is 19.2 Å². The number of hydrogen-bond donors (Lipinski definition) is 2. The van der Waals surface area contributed by atoms with Crippen LogP contribution in [-0.4, -0.2) is 24.4 Å². The molecule has 0 unspecified atom stereocenters. The quantitative estimate of drug-likeness (QED) is 0.597. The maximum atomic E-state index is 10.5. The van der Waals surface area contributed by atoms with Gasteiger partial charge in [-0.3, -0.25) is 0 Å². The van der Waals surface area contributed by atoms with E-state index in [2.05, 4.69) is 67.7 Å². The van der Waals surface area contributed by atoms with Crippen LogP contribution < -0.4 is 5.32 Å². The number of aliphatic hydroxyl groups is 1. The van der Waals surface area contributed by atoms with Gasteiger partial charge >= 0.3 is 0 Å². The molecular weight excluding hydrogens is 346 g/mol. The summed E-state index contributed by atoms with van der Waals surface area (Å²) >= 11 is 0. The highest BCUT2D eigenvalue weighted by atomic mass is 16.5. The lowest BCUT2D eigenvalue weighted by Crippen LogP contribution is -2.87. The minimum Gasteiger partial charge on any atom is -0.385 e. The summed E-state index contributed by atoms with van der Waals surface area (Å²) in [5.41, 5.74) is 4.68. The molecule has 3 heteroatoms. The highest BCUT2D eigenvalue weighted by Gasteiger charge is 2.18. The summed E-state index contributed by atoms with van der Waals surface area (Å²) in [6.07, 6.45) is -0.703. The van der Waals surface area contributed by atoms with E-state index >= 15 is 0 Å². The van der Waals surface area contributed by atoms with Crippen molar-refractivity contribution in [2.75, 3.05) is 13.2 Å². The third-order valence-corrected chi connectivity index (χ3v) is 5.02. The average molecular weight is 377 g/mol. The van der Waals surface area contributed by atoms with Crippen molar-refractivity contribution in [3.05, 3.63) is 107 Å². The second-order valence-corrected chi connectivity index (χ2v) is 7.36. The molecule has 0 fully saturated rings. The predicted molar refractivity (Wildman–Crippen MR) is 113 cm³/mol. The first-order chi connectivity index (χ1) is 13.6. The average Bonchev–Trinajstić information content (AvgIpc) is 2.75. The summed E-state index contributed by atoms with van der Waals surface area (Å²) in [5.74, 6) is 0. The Balaban J connectivity index is 1.59. The first kappa shape index (κ1) is 20.3. The van der Waals surface area contributed by atoms with E-state index < -0.39 is 6.10 Å². The topological polar surface area (TPSA) is 46.1 Å². The lowest BCUT2D eigenvalue weighted by atomic mass is 10.0. The van der Waals surface area contributed by atoms with Gasteiger partial charge in [-0.25, -0.2) is 0 Å². The van der Waals surface area contributed by atoms with Crippen LogP contribution in [0.2, 0.25) is 0 Å². The summed E-state index contributed by atoms with van der Waals surface area (Å²) in [4.78, 5) is 0. The van der Waals surface area contributed by atoms with E-state index in [9.17, 15) is 5.11 Å². The fourth-order valence-corrected chi connectivity index (χ4v) is 3.28. The Morgan fingerprint density at radius 3 is 1.93 bits per heavy atom. The largest absolute Gasteiger partial charge is 0.385 e. The van der Waals surface area contributed by atoms with Gasteiger partial charge in [0.25, 0.3) is 0 Å². The molecule has 0 bridgehead atoms. The minimum atomic E-state index is -0.525. The lowest BCUT2D eigenvalue weighted by molar-refractivity contribution is -0.698. The summed E-state index contributed by atoms with van der Waals surface area (Å²) in [6, 6.07) is 29.2. The van der Waals surface area contributed by atoms with Gasteiger partial charge in [0.1, 0.15) is 24.8 Å². The summed E-state index contributed by atoms with van der Waals surface area (Å²) < 4.78 is 6.18. The molecule has 0 amide bonds. The maximum absolute atomic E-state index is 10.5. The Labute approximate surface area is 168 Å². The summed E-state index contributed by atoms with van der Waals surface area (Å²) in [5, 5.41) is 12.6. The second kappa shape index (κ2) is 10.2. The molecule has 0 saturated carbocycles. The van der Waals surface area contributed by atoms with Crippen LogP contribution >= 0.6 is 0 Å². The molecule has 3 aromatic carbocycles. The van der Waals surface area contributed by atoms with Crippen LogP contribution in [0.3, 0.4) is 0 Å². The molecule has 3 aromatic rings. The van der Waals surface area contributed by atoms with Crippen LogP contribution in [0, 0.1) is 6.92 Å². The van der Waals surface area contributed by atoms with E-state index in [1.54, 1.807) is 0 Å².